The Morgan fingerprint density at radius 2 is 1.67 bits per heavy atom. The summed E-state index contributed by atoms with van der Waals surface area (Å²) in [6.07, 6.45) is 6.54. The Balaban J connectivity index is 1.75. The largest absolute Gasteiger partial charge is 0.341 e. The van der Waals surface area contributed by atoms with Gasteiger partial charge in [-0.1, -0.05) is 19.3 Å². The Hall–Kier alpha value is -2.46. The highest BCUT2D eigenvalue weighted by Crippen LogP contribution is 2.26. The third kappa shape index (κ3) is 4.50. The fraction of sp³-hybridized carbons (Fsp3) is 0.609. The Kier molecular flexibility index (Phi) is 6.76. The summed E-state index contributed by atoms with van der Waals surface area (Å²) in [4.78, 5) is 40.8. The summed E-state index contributed by atoms with van der Waals surface area (Å²) in [6.45, 7) is 3.24. The second-order valence-corrected chi connectivity index (χ2v) is 11.1. The molecule has 0 saturated carbocycles. The number of carbonyl (C=O) groups is 1. The molecule has 4 rings (SSSR count). The van der Waals surface area contributed by atoms with Crippen molar-refractivity contribution in [3.8, 4) is 0 Å². The van der Waals surface area contributed by atoms with Crippen molar-refractivity contribution in [2.75, 3.05) is 19.6 Å². The molecule has 2 saturated heterocycles. The molecule has 2 aromatic rings. The minimum Gasteiger partial charge on any atom is -0.341 e. The van der Waals surface area contributed by atoms with Gasteiger partial charge < -0.3 is 4.90 Å². The molecule has 0 unspecified atom stereocenters. The number of aromatic nitrogens is 2. The lowest BCUT2D eigenvalue weighted by atomic mass is 10.1. The van der Waals surface area contributed by atoms with Crippen molar-refractivity contribution < 1.29 is 13.2 Å². The van der Waals surface area contributed by atoms with E-state index in [1.54, 1.807) is 4.90 Å². The van der Waals surface area contributed by atoms with Crippen molar-refractivity contribution in [1.29, 1.82) is 0 Å². The van der Waals surface area contributed by atoms with Gasteiger partial charge in [0.25, 0.3) is 5.56 Å². The molecule has 1 aromatic carbocycles. The molecule has 0 spiro atoms. The second-order valence-electron chi connectivity index (χ2n) is 9.17. The van der Waals surface area contributed by atoms with Crippen molar-refractivity contribution in [3.63, 3.8) is 0 Å². The highest BCUT2D eigenvalue weighted by Gasteiger charge is 2.31. The van der Waals surface area contributed by atoms with Gasteiger partial charge in [-0.3, -0.25) is 18.7 Å². The van der Waals surface area contributed by atoms with Gasteiger partial charge >= 0.3 is 5.69 Å². The highest BCUT2D eigenvalue weighted by atomic mass is 32.2. The van der Waals surface area contributed by atoms with Crippen LogP contribution in [0.4, 0.5) is 0 Å². The number of aryl methyl sites for hydroxylation is 1. The highest BCUT2D eigenvalue weighted by molar-refractivity contribution is 7.89. The van der Waals surface area contributed by atoms with Crippen LogP contribution < -0.4 is 11.2 Å². The van der Waals surface area contributed by atoms with E-state index in [-0.39, 0.29) is 28.8 Å². The first-order valence-corrected chi connectivity index (χ1v) is 13.2. The first kappa shape index (κ1) is 23.7. The molecule has 1 amide bonds. The summed E-state index contributed by atoms with van der Waals surface area (Å²) in [6, 6.07) is 4.19. The summed E-state index contributed by atoms with van der Waals surface area (Å²) in [7, 11) is -2.25. The van der Waals surface area contributed by atoms with Gasteiger partial charge in [0.15, 0.2) is 0 Å². The maximum Gasteiger partial charge on any atom is 0.331 e. The zero-order valence-corrected chi connectivity index (χ0v) is 20.1. The molecule has 180 valence electrons. The Labute approximate surface area is 193 Å². The van der Waals surface area contributed by atoms with Crippen LogP contribution in [0.2, 0.25) is 0 Å². The molecule has 10 heteroatoms. The monoisotopic (exact) mass is 476 g/mol. The van der Waals surface area contributed by atoms with Gasteiger partial charge in [0.1, 0.15) is 6.54 Å². The van der Waals surface area contributed by atoms with Crippen LogP contribution in [0.15, 0.2) is 32.7 Å². The Morgan fingerprint density at radius 1 is 1.00 bits per heavy atom. The summed E-state index contributed by atoms with van der Waals surface area (Å²) in [5, 5.41) is 0.117. The number of sulfonamides is 1. The lowest BCUT2D eigenvalue weighted by Crippen LogP contribution is -2.45. The molecule has 0 aliphatic carbocycles. The molecular weight excluding hydrogens is 444 g/mol. The molecule has 0 N–H and O–H groups in total. The van der Waals surface area contributed by atoms with Crippen LogP contribution >= 0.6 is 0 Å². The Morgan fingerprint density at radius 3 is 2.33 bits per heavy atom. The van der Waals surface area contributed by atoms with E-state index in [9.17, 15) is 22.8 Å². The lowest BCUT2D eigenvalue weighted by molar-refractivity contribution is -0.131. The van der Waals surface area contributed by atoms with E-state index in [1.165, 1.54) is 34.1 Å². The number of piperidine rings is 1. The van der Waals surface area contributed by atoms with Gasteiger partial charge in [0.2, 0.25) is 15.9 Å². The topological polar surface area (TPSA) is 102 Å². The van der Waals surface area contributed by atoms with Crippen molar-refractivity contribution in [2.24, 2.45) is 7.05 Å². The number of hydrogen-bond acceptors (Lipinski definition) is 5. The van der Waals surface area contributed by atoms with Gasteiger partial charge in [-0.2, -0.15) is 4.31 Å². The molecule has 1 atom stereocenters. The van der Waals surface area contributed by atoms with Crippen LogP contribution in [0.25, 0.3) is 10.9 Å². The number of hydrogen-bond donors (Lipinski definition) is 0. The van der Waals surface area contributed by atoms with Crippen LogP contribution in [0.3, 0.4) is 0 Å². The molecule has 33 heavy (non-hydrogen) atoms. The molecule has 3 heterocycles. The van der Waals surface area contributed by atoms with E-state index >= 15 is 0 Å². The number of amides is 1. The van der Waals surface area contributed by atoms with Gasteiger partial charge in [-0.25, -0.2) is 13.2 Å². The predicted octanol–water partition coefficient (Wildman–Crippen LogP) is 1.67. The standard InChI is InChI=1S/C23H32N4O5S/c1-17-9-5-8-14-27(17)33(31,32)18-10-11-20-19(15-18)22(29)26(23(30)24(20)2)16-21(28)25-12-6-3-4-7-13-25/h10-11,15,17H,3-9,12-14,16H2,1-2H3/t17-/m0/s1. The van der Waals surface area contributed by atoms with E-state index in [4.69, 9.17) is 0 Å². The van der Waals surface area contributed by atoms with Gasteiger partial charge in [-0.15, -0.1) is 0 Å². The summed E-state index contributed by atoms with van der Waals surface area (Å²) >= 11 is 0. The third-order valence-electron chi connectivity index (χ3n) is 6.92. The fourth-order valence-corrected chi connectivity index (χ4v) is 6.64. The van der Waals surface area contributed by atoms with Crippen molar-refractivity contribution in [1.82, 2.24) is 18.3 Å². The van der Waals surface area contributed by atoms with Crippen LogP contribution in [0, 0.1) is 0 Å². The average molecular weight is 477 g/mol. The normalized spacial score (nSPS) is 20.7. The minimum atomic E-state index is -3.78. The number of nitrogens with zero attached hydrogens (tertiary/aromatic N) is 4. The smallest absolute Gasteiger partial charge is 0.331 e. The maximum atomic E-state index is 13.3. The molecule has 1 aromatic heterocycles. The van der Waals surface area contributed by atoms with E-state index in [1.807, 2.05) is 6.92 Å². The van der Waals surface area contributed by atoms with Gasteiger partial charge in [-0.05, 0) is 50.8 Å². The molecule has 0 bridgehead atoms. The van der Waals surface area contributed by atoms with Crippen molar-refractivity contribution in [2.45, 2.75) is 69.4 Å². The van der Waals surface area contributed by atoms with Crippen LogP contribution in [0.5, 0.6) is 0 Å². The Bertz CT molecular complexity index is 1270. The van der Waals surface area contributed by atoms with Crippen LogP contribution in [0.1, 0.15) is 51.9 Å². The third-order valence-corrected chi connectivity index (χ3v) is 8.93. The number of rotatable bonds is 4. The van der Waals surface area contributed by atoms with Gasteiger partial charge in [0, 0.05) is 32.7 Å². The number of fused-ring (bicyclic) bond motifs is 1. The molecular formula is C23H32N4O5S. The molecule has 9 nitrogen and oxygen atoms in total. The lowest BCUT2D eigenvalue weighted by Gasteiger charge is -2.32. The van der Waals surface area contributed by atoms with E-state index in [0.29, 0.717) is 25.2 Å². The first-order chi connectivity index (χ1) is 15.7. The maximum absolute atomic E-state index is 13.3. The molecule has 2 fully saturated rings. The predicted molar refractivity (Wildman–Crippen MR) is 126 cm³/mol. The van der Waals surface area contributed by atoms with Crippen molar-refractivity contribution >= 4 is 26.8 Å². The van der Waals surface area contributed by atoms with Gasteiger partial charge in [0.05, 0.1) is 15.8 Å². The second kappa shape index (κ2) is 9.42. The van der Waals surface area contributed by atoms with Crippen molar-refractivity contribution in [3.05, 3.63) is 39.0 Å². The van der Waals surface area contributed by atoms with Crippen LogP contribution in [-0.4, -0.2) is 58.3 Å². The average Bonchev–Trinajstić information content (AvgIpc) is 3.10. The van der Waals surface area contributed by atoms with E-state index in [2.05, 4.69) is 0 Å². The van der Waals surface area contributed by atoms with E-state index < -0.39 is 21.3 Å². The molecule has 2 aliphatic rings. The zero-order chi connectivity index (χ0) is 23.8. The summed E-state index contributed by atoms with van der Waals surface area (Å²) < 4.78 is 30.3. The zero-order valence-electron chi connectivity index (χ0n) is 19.3. The van der Waals surface area contributed by atoms with Crippen LogP contribution in [-0.2, 0) is 28.4 Å². The summed E-state index contributed by atoms with van der Waals surface area (Å²) in [5.41, 5.74) is -0.884. The number of likely N-dealkylation sites (tertiary alicyclic amines) is 1. The van der Waals surface area contributed by atoms with E-state index in [0.717, 1.165) is 49.5 Å². The quantitative estimate of drug-likeness (QED) is 0.668. The first-order valence-electron chi connectivity index (χ1n) is 11.7. The summed E-state index contributed by atoms with van der Waals surface area (Å²) in [5.74, 6) is -0.263. The molecule has 2 aliphatic heterocycles. The number of benzene rings is 1. The number of carbonyl (C=O) groups excluding carboxylic acids is 1. The minimum absolute atomic E-state index is 0.0323. The molecule has 0 radical (unpaired) electrons. The SMILES string of the molecule is C[C@H]1CCCCN1S(=O)(=O)c1ccc2c(c1)c(=O)n(CC(=O)N1CCCCCC1)c(=O)n2C. The fourth-order valence-electron chi connectivity index (χ4n) is 4.91.